The van der Waals surface area contributed by atoms with E-state index in [1.54, 1.807) is 12.1 Å². The molecule has 92 valence electrons. The van der Waals surface area contributed by atoms with E-state index in [0.717, 1.165) is 0 Å². The lowest BCUT2D eigenvalue weighted by atomic mass is 10.2. The fourth-order valence-electron chi connectivity index (χ4n) is 1.18. The Morgan fingerprint density at radius 3 is 2.53 bits per heavy atom. The summed E-state index contributed by atoms with van der Waals surface area (Å²) >= 11 is 0. The Morgan fingerprint density at radius 1 is 1.29 bits per heavy atom. The Morgan fingerprint density at radius 2 is 2.00 bits per heavy atom. The third-order valence-corrected chi connectivity index (χ3v) is 2.14. The van der Waals surface area contributed by atoms with Crippen molar-refractivity contribution in [2.45, 2.75) is 0 Å². The molecule has 0 saturated carbocycles. The van der Waals surface area contributed by atoms with Crippen LogP contribution < -0.4 is 21.1 Å². The van der Waals surface area contributed by atoms with Crippen molar-refractivity contribution in [3.05, 3.63) is 23.8 Å². The first-order valence-corrected chi connectivity index (χ1v) is 5.03. The lowest BCUT2D eigenvalue weighted by Crippen LogP contribution is -2.25. The van der Waals surface area contributed by atoms with Crippen LogP contribution in [-0.2, 0) is 4.79 Å². The van der Waals surface area contributed by atoms with Gasteiger partial charge in [-0.1, -0.05) is 0 Å². The second-order valence-electron chi connectivity index (χ2n) is 3.29. The Bertz CT molecular complexity index is 432. The Kier molecular flexibility index (Phi) is 4.33. The lowest BCUT2D eigenvalue weighted by Gasteiger charge is -2.09. The number of ether oxygens (including phenoxy) is 1. The molecular formula is C11H15N3O3. The van der Waals surface area contributed by atoms with E-state index >= 15 is 0 Å². The van der Waals surface area contributed by atoms with E-state index in [0.29, 0.717) is 17.0 Å². The summed E-state index contributed by atoms with van der Waals surface area (Å²) in [4.78, 5) is 22.3. The predicted molar refractivity (Wildman–Crippen MR) is 63.8 cm³/mol. The summed E-state index contributed by atoms with van der Waals surface area (Å²) in [6, 6.07) is 4.63. The first-order valence-electron chi connectivity index (χ1n) is 5.03. The van der Waals surface area contributed by atoms with Crippen LogP contribution in [0, 0.1) is 0 Å². The predicted octanol–water partition coefficient (Wildman–Crippen LogP) is -0.247. The van der Waals surface area contributed by atoms with Gasteiger partial charge in [0.2, 0.25) is 0 Å². The highest BCUT2D eigenvalue weighted by Crippen LogP contribution is 2.22. The molecule has 0 atom stereocenters. The van der Waals surface area contributed by atoms with Crippen LogP contribution in [0.5, 0.6) is 5.75 Å². The number of hydrogen-bond donors (Lipinski definition) is 3. The van der Waals surface area contributed by atoms with Crippen LogP contribution in [0.15, 0.2) is 18.2 Å². The molecule has 0 bridgehead atoms. The summed E-state index contributed by atoms with van der Waals surface area (Å²) < 4.78 is 5.19. The van der Waals surface area contributed by atoms with Crippen LogP contribution in [0.4, 0.5) is 5.69 Å². The number of carbonyl (C=O) groups is 2. The van der Waals surface area contributed by atoms with Crippen molar-refractivity contribution in [2.24, 2.45) is 0 Å². The number of carbonyl (C=O) groups excluding carboxylic acids is 2. The minimum atomic E-state index is -0.250. The van der Waals surface area contributed by atoms with Crippen LogP contribution >= 0.6 is 0 Å². The standard InChI is InChI=1S/C11H15N3O3/c1-13-10(15)6-17-9-4-3-7(5-8(9)12)11(16)14-2/h3-5H,6,12H2,1-2H3,(H,13,15)(H,14,16). The molecule has 0 aliphatic heterocycles. The zero-order chi connectivity index (χ0) is 12.8. The molecular weight excluding hydrogens is 222 g/mol. The summed E-state index contributed by atoms with van der Waals surface area (Å²) in [5.41, 5.74) is 6.46. The van der Waals surface area contributed by atoms with Gasteiger partial charge in [-0.2, -0.15) is 0 Å². The molecule has 0 saturated heterocycles. The van der Waals surface area contributed by atoms with Gasteiger partial charge >= 0.3 is 0 Å². The van der Waals surface area contributed by atoms with Crippen LogP contribution in [-0.4, -0.2) is 32.5 Å². The van der Waals surface area contributed by atoms with Gasteiger partial charge in [0, 0.05) is 19.7 Å². The topological polar surface area (TPSA) is 93.4 Å². The molecule has 1 aromatic rings. The van der Waals surface area contributed by atoms with E-state index in [-0.39, 0.29) is 18.4 Å². The number of nitrogens with two attached hydrogens (primary N) is 1. The van der Waals surface area contributed by atoms with Crippen LogP contribution in [0.3, 0.4) is 0 Å². The van der Waals surface area contributed by atoms with Gasteiger partial charge in [0.05, 0.1) is 5.69 Å². The largest absolute Gasteiger partial charge is 0.482 e. The third-order valence-electron chi connectivity index (χ3n) is 2.14. The zero-order valence-electron chi connectivity index (χ0n) is 9.74. The molecule has 0 aromatic heterocycles. The van der Waals surface area contributed by atoms with Gasteiger partial charge in [-0.05, 0) is 18.2 Å². The highest BCUT2D eigenvalue weighted by molar-refractivity contribution is 5.95. The quantitative estimate of drug-likeness (QED) is 0.630. The average Bonchev–Trinajstić information content (AvgIpc) is 2.35. The molecule has 0 fully saturated rings. The number of nitrogens with one attached hydrogen (secondary N) is 2. The number of likely N-dealkylation sites (N-methyl/N-ethyl adjacent to an activating group) is 1. The Balaban J connectivity index is 2.76. The molecule has 17 heavy (non-hydrogen) atoms. The van der Waals surface area contributed by atoms with Gasteiger partial charge in [0.25, 0.3) is 11.8 Å². The molecule has 0 spiro atoms. The van der Waals surface area contributed by atoms with E-state index in [4.69, 9.17) is 10.5 Å². The number of nitrogen functional groups attached to an aromatic ring is 1. The van der Waals surface area contributed by atoms with Crippen molar-refractivity contribution in [3.8, 4) is 5.75 Å². The Labute approximate surface area is 99.1 Å². The minimum absolute atomic E-state index is 0.111. The normalized spacial score (nSPS) is 9.53. The van der Waals surface area contributed by atoms with Crippen LogP contribution in [0.1, 0.15) is 10.4 Å². The average molecular weight is 237 g/mol. The number of hydrogen-bond acceptors (Lipinski definition) is 4. The molecule has 6 nitrogen and oxygen atoms in total. The maximum absolute atomic E-state index is 11.3. The molecule has 0 aliphatic rings. The van der Waals surface area contributed by atoms with Gasteiger partial charge in [0.1, 0.15) is 5.75 Å². The summed E-state index contributed by atoms with van der Waals surface area (Å²) in [5.74, 6) is -0.101. The number of benzene rings is 1. The van der Waals surface area contributed by atoms with Crippen molar-refractivity contribution in [3.63, 3.8) is 0 Å². The molecule has 2 amide bonds. The van der Waals surface area contributed by atoms with Crippen molar-refractivity contribution in [1.82, 2.24) is 10.6 Å². The fraction of sp³-hybridized carbons (Fsp3) is 0.273. The van der Waals surface area contributed by atoms with E-state index in [1.165, 1.54) is 20.2 Å². The fourth-order valence-corrected chi connectivity index (χ4v) is 1.18. The maximum atomic E-state index is 11.3. The molecule has 0 aliphatic carbocycles. The minimum Gasteiger partial charge on any atom is -0.482 e. The van der Waals surface area contributed by atoms with Gasteiger partial charge < -0.3 is 21.1 Å². The third kappa shape index (κ3) is 3.37. The smallest absolute Gasteiger partial charge is 0.257 e. The highest BCUT2D eigenvalue weighted by Gasteiger charge is 2.08. The van der Waals surface area contributed by atoms with E-state index in [2.05, 4.69) is 10.6 Å². The van der Waals surface area contributed by atoms with E-state index in [9.17, 15) is 9.59 Å². The first kappa shape index (κ1) is 12.8. The van der Waals surface area contributed by atoms with Gasteiger partial charge in [-0.3, -0.25) is 9.59 Å². The molecule has 1 rings (SSSR count). The maximum Gasteiger partial charge on any atom is 0.257 e. The molecule has 4 N–H and O–H groups in total. The lowest BCUT2D eigenvalue weighted by molar-refractivity contribution is -0.122. The number of anilines is 1. The molecule has 0 radical (unpaired) electrons. The summed E-state index contributed by atoms with van der Waals surface area (Å²) in [7, 11) is 3.05. The second kappa shape index (κ2) is 5.74. The number of rotatable bonds is 4. The number of amides is 2. The summed E-state index contributed by atoms with van der Waals surface area (Å²) in [6.45, 7) is -0.111. The Hall–Kier alpha value is -2.24. The zero-order valence-corrected chi connectivity index (χ0v) is 9.74. The first-order chi connectivity index (χ1) is 8.08. The van der Waals surface area contributed by atoms with Gasteiger partial charge in [-0.25, -0.2) is 0 Å². The van der Waals surface area contributed by atoms with Crippen LogP contribution in [0.2, 0.25) is 0 Å². The molecule has 0 unspecified atom stereocenters. The van der Waals surface area contributed by atoms with E-state index < -0.39 is 0 Å². The van der Waals surface area contributed by atoms with Gasteiger partial charge in [0.15, 0.2) is 6.61 Å². The summed E-state index contributed by atoms with van der Waals surface area (Å²) in [5, 5.41) is 4.91. The van der Waals surface area contributed by atoms with Crippen LogP contribution in [0.25, 0.3) is 0 Å². The van der Waals surface area contributed by atoms with Crippen molar-refractivity contribution in [2.75, 3.05) is 26.4 Å². The molecule has 6 heteroatoms. The van der Waals surface area contributed by atoms with Crippen molar-refractivity contribution >= 4 is 17.5 Å². The second-order valence-corrected chi connectivity index (χ2v) is 3.29. The SMILES string of the molecule is CNC(=O)COc1ccc(C(=O)NC)cc1N. The van der Waals surface area contributed by atoms with Crippen molar-refractivity contribution < 1.29 is 14.3 Å². The van der Waals surface area contributed by atoms with Gasteiger partial charge in [-0.15, -0.1) is 0 Å². The highest BCUT2D eigenvalue weighted by atomic mass is 16.5. The van der Waals surface area contributed by atoms with Crippen molar-refractivity contribution in [1.29, 1.82) is 0 Å². The summed E-state index contributed by atoms with van der Waals surface area (Å²) in [6.07, 6.45) is 0. The monoisotopic (exact) mass is 237 g/mol. The molecule has 1 aromatic carbocycles. The molecule has 0 heterocycles. The van der Waals surface area contributed by atoms with E-state index in [1.807, 2.05) is 0 Å².